The summed E-state index contributed by atoms with van der Waals surface area (Å²) in [7, 11) is 0. The van der Waals surface area contributed by atoms with Crippen molar-refractivity contribution in [3.8, 4) is 11.3 Å². The predicted molar refractivity (Wildman–Crippen MR) is 100 cm³/mol. The smallest absolute Gasteiger partial charge is 0.112 e. The maximum atomic E-state index is 4.92. The lowest BCUT2D eigenvalue weighted by Gasteiger charge is -2.14. The minimum absolute atomic E-state index is 0.0249. The van der Waals surface area contributed by atoms with Crippen molar-refractivity contribution >= 4 is 31.5 Å². The van der Waals surface area contributed by atoms with Crippen molar-refractivity contribution in [2.24, 2.45) is 0 Å². The highest BCUT2D eigenvalue weighted by atomic mass is 32.1. The monoisotopic (exact) mass is 320 g/mol. The highest BCUT2D eigenvalue weighted by Gasteiger charge is 2.21. The molecule has 4 rings (SSSR count). The zero-order valence-corrected chi connectivity index (χ0v) is 14.7. The van der Waals surface area contributed by atoms with Crippen molar-refractivity contribution in [2.45, 2.75) is 33.1 Å². The number of aryl methyl sites for hydroxylation is 1. The van der Waals surface area contributed by atoms with E-state index >= 15 is 0 Å². The molecule has 0 saturated carbocycles. The van der Waals surface area contributed by atoms with Gasteiger partial charge in [-0.05, 0) is 13.0 Å². The van der Waals surface area contributed by atoms with E-state index in [-0.39, 0.29) is 5.41 Å². The Hall–Kier alpha value is -2.13. The summed E-state index contributed by atoms with van der Waals surface area (Å²) in [6.07, 6.45) is 0. The molecule has 2 nitrogen and oxygen atoms in total. The first-order valence-corrected chi connectivity index (χ1v) is 8.74. The van der Waals surface area contributed by atoms with E-state index in [0.29, 0.717) is 0 Å². The number of H-pyrrole nitrogens is 1. The second kappa shape index (κ2) is 4.93. The predicted octanol–water partition coefficient (Wildman–Crippen LogP) is 6.05. The van der Waals surface area contributed by atoms with Gasteiger partial charge in [-0.1, -0.05) is 57.2 Å². The molecule has 0 aliphatic heterocycles. The van der Waals surface area contributed by atoms with Gasteiger partial charge in [-0.2, -0.15) is 0 Å². The zero-order chi connectivity index (χ0) is 16.2. The molecule has 2 aromatic carbocycles. The molecule has 0 unspecified atom stereocenters. The standard InChI is InChI=1S/C20H20N2S/c1-12-17(22-19(21-12)20(2,3)4)15-10-7-9-14-13-8-5-6-11-16(13)23-18(14)15/h5-11H,1-4H3,(H,21,22). The van der Waals surface area contributed by atoms with Gasteiger partial charge in [0.15, 0.2) is 0 Å². The van der Waals surface area contributed by atoms with Crippen LogP contribution in [0.5, 0.6) is 0 Å². The Labute approximate surface area is 140 Å². The Kier molecular flexibility index (Phi) is 3.10. The summed E-state index contributed by atoms with van der Waals surface area (Å²) in [6.45, 7) is 8.68. The number of hydrogen-bond donors (Lipinski definition) is 1. The lowest BCUT2D eigenvalue weighted by Crippen LogP contribution is -2.13. The molecule has 0 bridgehead atoms. The van der Waals surface area contributed by atoms with Crippen LogP contribution in [0.3, 0.4) is 0 Å². The van der Waals surface area contributed by atoms with Gasteiger partial charge in [0.2, 0.25) is 0 Å². The first kappa shape index (κ1) is 14.5. The van der Waals surface area contributed by atoms with Gasteiger partial charge in [-0.25, -0.2) is 4.98 Å². The number of aromatic nitrogens is 2. The zero-order valence-electron chi connectivity index (χ0n) is 13.9. The molecular formula is C20H20N2S. The fourth-order valence-electron chi connectivity index (χ4n) is 3.01. The Morgan fingerprint density at radius 2 is 1.70 bits per heavy atom. The quantitative estimate of drug-likeness (QED) is 0.454. The fraction of sp³-hybridized carbons (Fsp3) is 0.250. The third-order valence-electron chi connectivity index (χ3n) is 4.25. The van der Waals surface area contributed by atoms with Crippen LogP contribution in [0.25, 0.3) is 31.4 Å². The Balaban J connectivity index is 2.01. The highest BCUT2D eigenvalue weighted by Crippen LogP contribution is 2.40. The molecule has 0 aliphatic carbocycles. The molecule has 23 heavy (non-hydrogen) atoms. The fourth-order valence-corrected chi connectivity index (χ4v) is 4.23. The van der Waals surface area contributed by atoms with E-state index in [0.717, 1.165) is 17.2 Å². The minimum atomic E-state index is 0.0249. The van der Waals surface area contributed by atoms with Gasteiger partial charge in [0.1, 0.15) is 5.82 Å². The van der Waals surface area contributed by atoms with Crippen LogP contribution < -0.4 is 0 Å². The molecular weight excluding hydrogens is 300 g/mol. The molecule has 2 aromatic heterocycles. The maximum absolute atomic E-state index is 4.92. The van der Waals surface area contributed by atoms with Crippen LogP contribution in [-0.4, -0.2) is 9.97 Å². The second-order valence-corrected chi connectivity index (χ2v) is 8.14. The third-order valence-corrected chi connectivity index (χ3v) is 5.47. The van der Waals surface area contributed by atoms with E-state index in [1.165, 1.54) is 25.7 Å². The Morgan fingerprint density at radius 3 is 2.43 bits per heavy atom. The molecule has 0 atom stereocenters. The summed E-state index contributed by atoms with van der Waals surface area (Å²) in [6, 6.07) is 15.2. The van der Waals surface area contributed by atoms with Gasteiger partial charge in [0, 0.05) is 36.8 Å². The second-order valence-electron chi connectivity index (χ2n) is 7.09. The van der Waals surface area contributed by atoms with Crippen LogP contribution in [0, 0.1) is 6.92 Å². The van der Waals surface area contributed by atoms with Crippen LogP contribution >= 0.6 is 11.3 Å². The number of fused-ring (bicyclic) bond motifs is 3. The van der Waals surface area contributed by atoms with Crippen molar-refractivity contribution in [1.82, 2.24) is 9.97 Å². The van der Waals surface area contributed by atoms with Crippen LogP contribution in [0.4, 0.5) is 0 Å². The largest absolute Gasteiger partial charge is 0.345 e. The summed E-state index contributed by atoms with van der Waals surface area (Å²) < 4.78 is 2.66. The molecule has 4 aromatic rings. The van der Waals surface area contributed by atoms with E-state index in [1.54, 1.807) is 0 Å². The summed E-state index contributed by atoms with van der Waals surface area (Å²) in [5.74, 6) is 1.04. The van der Waals surface area contributed by atoms with E-state index in [4.69, 9.17) is 4.98 Å². The van der Waals surface area contributed by atoms with Gasteiger partial charge < -0.3 is 4.98 Å². The average molecular weight is 320 g/mol. The minimum Gasteiger partial charge on any atom is -0.345 e. The lowest BCUT2D eigenvalue weighted by atomic mass is 9.96. The molecule has 116 valence electrons. The normalized spacial score (nSPS) is 12.3. The van der Waals surface area contributed by atoms with Gasteiger partial charge in [0.05, 0.1) is 5.69 Å². The number of aromatic amines is 1. The molecule has 0 spiro atoms. The number of nitrogens with zero attached hydrogens (tertiary/aromatic N) is 1. The molecule has 3 heteroatoms. The van der Waals surface area contributed by atoms with Gasteiger partial charge in [0.25, 0.3) is 0 Å². The van der Waals surface area contributed by atoms with E-state index < -0.39 is 0 Å². The van der Waals surface area contributed by atoms with Crippen molar-refractivity contribution in [2.75, 3.05) is 0 Å². The lowest BCUT2D eigenvalue weighted by molar-refractivity contribution is 0.552. The van der Waals surface area contributed by atoms with Crippen molar-refractivity contribution in [3.05, 3.63) is 54.0 Å². The molecule has 0 amide bonds. The number of imidazole rings is 1. The van der Waals surface area contributed by atoms with Gasteiger partial charge in [-0.3, -0.25) is 0 Å². The van der Waals surface area contributed by atoms with E-state index in [9.17, 15) is 0 Å². The number of rotatable bonds is 1. The number of thiophene rings is 1. The topological polar surface area (TPSA) is 28.7 Å². The van der Waals surface area contributed by atoms with Crippen LogP contribution in [-0.2, 0) is 5.41 Å². The van der Waals surface area contributed by atoms with Crippen LogP contribution in [0.1, 0.15) is 32.3 Å². The molecule has 2 heterocycles. The van der Waals surface area contributed by atoms with Crippen molar-refractivity contribution < 1.29 is 0 Å². The number of benzene rings is 2. The first-order chi connectivity index (χ1) is 10.9. The summed E-state index contributed by atoms with van der Waals surface area (Å²) in [5.41, 5.74) is 3.47. The van der Waals surface area contributed by atoms with Crippen molar-refractivity contribution in [3.63, 3.8) is 0 Å². The van der Waals surface area contributed by atoms with Gasteiger partial charge in [-0.15, -0.1) is 11.3 Å². The highest BCUT2D eigenvalue weighted by molar-refractivity contribution is 7.26. The Bertz CT molecular complexity index is 1020. The maximum Gasteiger partial charge on any atom is 0.112 e. The van der Waals surface area contributed by atoms with Crippen molar-refractivity contribution in [1.29, 1.82) is 0 Å². The first-order valence-electron chi connectivity index (χ1n) is 7.93. The third kappa shape index (κ3) is 2.27. The average Bonchev–Trinajstić information content (AvgIpc) is 3.07. The molecule has 0 fully saturated rings. The number of hydrogen-bond acceptors (Lipinski definition) is 2. The molecule has 0 radical (unpaired) electrons. The summed E-state index contributed by atoms with van der Waals surface area (Å²) in [4.78, 5) is 8.40. The summed E-state index contributed by atoms with van der Waals surface area (Å²) in [5, 5.41) is 2.65. The van der Waals surface area contributed by atoms with Gasteiger partial charge >= 0.3 is 0 Å². The summed E-state index contributed by atoms with van der Waals surface area (Å²) >= 11 is 1.85. The SMILES string of the molecule is Cc1[nH]c(C(C)(C)C)nc1-c1cccc2c1sc1ccccc12. The van der Waals surface area contributed by atoms with Crippen LogP contribution in [0.2, 0.25) is 0 Å². The molecule has 1 N–H and O–H groups in total. The molecule has 0 saturated heterocycles. The Morgan fingerprint density at radius 1 is 0.957 bits per heavy atom. The van der Waals surface area contributed by atoms with Crippen LogP contribution in [0.15, 0.2) is 42.5 Å². The number of nitrogens with one attached hydrogen (secondary N) is 1. The molecule has 0 aliphatic rings. The van der Waals surface area contributed by atoms with E-state index in [1.807, 2.05) is 11.3 Å². The van der Waals surface area contributed by atoms with E-state index in [2.05, 4.69) is 75.1 Å².